The smallest absolute Gasteiger partial charge is 0.230 e. The molecular formula is C26H26N4O2S. The molecular weight excluding hydrogens is 432 g/mol. The lowest BCUT2D eigenvalue weighted by atomic mass is 10.0. The van der Waals surface area contributed by atoms with Crippen molar-refractivity contribution >= 4 is 17.7 Å². The average molecular weight is 459 g/mol. The standard InChI is InChI=1S/C26H26N4O2S/c1-18-10-7-8-15-23(18)19(2)27-24(31)17-33-26-29-28-25(20-11-9-14-22(16-20)32-3)30(26)21-12-5-4-6-13-21/h4-16,19H,17H2,1-3H3,(H,27,31). The van der Waals surface area contributed by atoms with E-state index in [1.165, 1.54) is 11.8 Å². The van der Waals surface area contributed by atoms with Crippen LogP contribution in [0.25, 0.3) is 17.1 Å². The summed E-state index contributed by atoms with van der Waals surface area (Å²) in [6.07, 6.45) is 0. The second-order valence-corrected chi connectivity index (χ2v) is 8.59. The number of hydrogen-bond acceptors (Lipinski definition) is 5. The normalized spacial score (nSPS) is 11.7. The Morgan fingerprint density at radius 3 is 2.55 bits per heavy atom. The number of rotatable bonds is 8. The molecule has 0 aliphatic heterocycles. The van der Waals surface area contributed by atoms with Crippen molar-refractivity contribution in [1.82, 2.24) is 20.1 Å². The molecule has 0 aliphatic rings. The molecule has 0 radical (unpaired) electrons. The van der Waals surface area contributed by atoms with Crippen molar-refractivity contribution in [3.05, 3.63) is 90.0 Å². The highest BCUT2D eigenvalue weighted by molar-refractivity contribution is 7.99. The number of aryl methyl sites for hydroxylation is 1. The maximum atomic E-state index is 12.7. The highest BCUT2D eigenvalue weighted by atomic mass is 32.2. The van der Waals surface area contributed by atoms with E-state index in [0.717, 1.165) is 28.1 Å². The molecule has 0 spiro atoms. The lowest BCUT2D eigenvalue weighted by Crippen LogP contribution is -2.28. The summed E-state index contributed by atoms with van der Waals surface area (Å²) in [6, 6.07) is 25.6. The molecule has 1 N–H and O–H groups in total. The summed E-state index contributed by atoms with van der Waals surface area (Å²) in [5.74, 6) is 1.62. The first-order chi connectivity index (χ1) is 16.1. The SMILES string of the molecule is COc1cccc(-c2nnc(SCC(=O)NC(C)c3ccccc3C)n2-c2ccccc2)c1. The Labute approximate surface area is 198 Å². The van der Waals surface area contributed by atoms with Gasteiger partial charge in [-0.2, -0.15) is 0 Å². The summed E-state index contributed by atoms with van der Waals surface area (Å²) in [4.78, 5) is 12.7. The van der Waals surface area contributed by atoms with Gasteiger partial charge < -0.3 is 10.1 Å². The van der Waals surface area contributed by atoms with Crippen LogP contribution in [0.4, 0.5) is 0 Å². The molecule has 1 aromatic heterocycles. The Morgan fingerprint density at radius 1 is 1.03 bits per heavy atom. The molecule has 0 saturated heterocycles. The topological polar surface area (TPSA) is 69.0 Å². The fraction of sp³-hybridized carbons (Fsp3) is 0.192. The largest absolute Gasteiger partial charge is 0.497 e. The van der Waals surface area contributed by atoms with E-state index in [2.05, 4.69) is 28.5 Å². The highest BCUT2D eigenvalue weighted by Gasteiger charge is 2.18. The predicted molar refractivity (Wildman–Crippen MR) is 132 cm³/mol. The zero-order valence-corrected chi connectivity index (χ0v) is 19.7. The lowest BCUT2D eigenvalue weighted by Gasteiger charge is -2.16. The quantitative estimate of drug-likeness (QED) is 0.367. The molecule has 0 saturated carbocycles. The summed E-state index contributed by atoms with van der Waals surface area (Å²) in [5.41, 5.74) is 4.08. The Hall–Kier alpha value is -3.58. The van der Waals surface area contributed by atoms with Crippen molar-refractivity contribution < 1.29 is 9.53 Å². The van der Waals surface area contributed by atoms with Crippen LogP contribution in [0.15, 0.2) is 84.0 Å². The number of methoxy groups -OCH3 is 1. The molecule has 0 aliphatic carbocycles. The van der Waals surface area contributed by atoms with Crippen molar-refractivity contribution in [1.29, 1.82) is 0 Å². The van der Waals surface area contributed by atoms with E-state index in [9.17, 15) is 4.79 Å². The molecule has 7 heteroatoms. The van der Waals surface area contributed by atoms with Crippen molar-refractivity contribution in [2.45, 2.75) is 25.0 Å². The minimum Gasteiger partial charge on any atom is -0.497 e. The summed E-state index contributed by atoms with van der Waals surface area (Å²) >= 11 is 1.36. The van der Waals surface area contributed by atoms with Crippen LogP contribution < -0.4 is 10.1 Å². The molecule has 1 unspecified atom stereocenters. The van der Waals surface area contributed by atoms with Crippen LogP contribution in [-0.2, 0) is 4.79 Å². The number of para-hydroxylation sites is 1. The molecule has 6 nitrogen and oxygen atoms in total. The number of carbonyl (C=O) groups is 1. The van der Waals surface area contributed by atoms with Crippen molar-refractivity contribution in [3.63, 3.8) is 0 Å². The number of benzene rings is 3. The molecule has 1 atom stereocenters. The number of nitrogens with one attached hydrogen (secondary N) is 1. The molecule has 4 rings (SSSR count). The minimum absolute atomic E-state index is 0.0544. The van der Waals surface area contributed by atoms with Gasteiger partial charge in [-0.25, -0.2) is 0 Å². The van der Waals surface area contributed by atoms with Gasteiger partial charge in [-0.05, 0) is 49.2 Å². The molecule has 1 amide bonds. The van der Waals surface area contributed by atoms with Gasteiger partial charge in [-0.15, -0.1) is 10.2 Å². The Bertz CT molecular complexity index is 1240. The van der Waals surface area contributed by atoms with Gasteiger partial charge >= 0.3 is 0 Å². The predicted octanol–water partition coefficient (Wildman–Crippen LogP) is 5.22. The molecule has 3 aromatic carbocycles. The Kier molecular flexibility index (Phi) is 7.10. The zero-order valence-electron chi connectivity index (χ0n) is 18.9. The van der Waals surface area contributed by atoms with Crippen molar-refractivity contribution in [2.24, 2.45) is 0 Å². The number of carbonyl (C=O) groups excluding carboxylic acids is 1. The van der Waals surface area contributed by atoms with Crippen LogP contribution in [0.3, 0.4) is 0 Å². The number of amides is 1. The lowest BCUT2D eigenvalue weighted by molar-refractivity contribution is -0.119. The van der Waals surface area contributed by atoms with E-state index in [-0.39, 0.29) is 17.7 Å². The van der Waals surface area contributed by atoms with E-state index >= 15 is 0 Å². The Morgan fingerprint density at radius 2 is 1.79 bits per heavy atom. The van der Waals surface area contributed by atoms with Crippen LogP contribution in [-0.4, -0.2) is 33.5 Å². The maximum Gasteiger partial charge on any atom is 0.230 e. The van der Waals surface area contributed by atoms with E-state index in [1.807, 2.05) is 84.3 Å². The monoisotopic (exact) mass is 458 g/mol. The minimum atomic E-state index is -0.0707. The molecule has 1 heterocycles. The van der Waals surface area contributed by atoms with Crippen molar-refractivity contribution in [2.75, 3.05) is 12.9 Å². The van der Waals surface area contributed by atoms with Gasteiger partial charge in [0.2, 0.25) is 5.91 Å². The second-order valence-electron chi connectivity index (χ2n) is 7.64. The second kappa shape index (κ2) is 10.4. The first-order valence-electron chi connectivity index (χ1n) is 10.7. The molecule has 4 aromatic rings. The zero-order chi connectivity index (χ0) is 23.2. The van der Waals surface area contributed by atoms with Crippen LogP contribution >= 0.6 is 11.8 Å². The van der Waals surface area contributed by atoms with Gasteiger partial charge in [0.05, 0.1) is 18.9 Å². The first kappa shape index (κ1) is 22.6. The first-order valence-corrected chi connectivity index (χ1v) is 11.7. The highest BCUT2D eigenvalue weighted by Crippen LogP contribution is 2.29. The van der Waals surface area contributed by atoms with Gasteiger partial charge in [-0.3, -0.25) is 9.36 Å². The number of hydrogen-bond donors (Lipinski definition) is 1. The molecule has 0 bridgehead atoms. The van der Waals surface area contributed by atoms with Crippen LogP contribution in [0.1, 0.15) is 24.1 Å². The summed E-state index contributed by atoms with van der Waals surface area (Å²) < 4.78 is 7.34. The van der Waals surface area contributed by atoms with E-state index in [0.29, 0.717) is 11.0 Å². The van der Waals surface area contributed by atoms with E-state index in [1.54, 1.807) is 7.11 Å². The van der Waals surface area contributed by atoms with E-state index < -0.39 is 0 Å². The molecule has 0 fully saturated rings. The van der Waals surface area contributed by atoms with Gasteiger partial charge in [0, 0.05) is 11.3 Å². The maximum absolute atomic E-state index is 12.7. The van der Waals surface area contributed by atoms with Crippen LogP contribution in [0, 0.1) is 6.92 Å². The number of aromatic nitrogens is 3. The van der Waals surface area contributed by atoms with Gasteiger partial charge in [0.25, 0.3) is 0 Å². The molecule has 33 heavy (non-hydrogen) atoms. The number of ether oxygens (including phenoxy) is 1. The number of thioether (sulfide) groups is 1. The van der Waals surface area contributed by atoms with Crippen LogP contribution in [0.2, 0.25) is 0 Å². The van der Waals surface area contributed by atoms with Crippen LogP contribution in [0.5, 0.6) is 5.75 Å². The van der Waals surface area contributed by atoms with Gasteiger partial charge in [0.1, 0.15) is 5.75 Å². The summed E-state index contributed by atoms with van der Waals surface area (Å²) in [6.45, 7) is 4.05. The van der Waals surface area contributed by atoms with Gasteiger partial charge in [-0.1, -0.05) is 66.4 Å². The van der Waals surface area contributed by atoms with Crippen molar-refractivity contribution in [3.8, 4) is 22.8 Å². The average Bonchev–Trinajstić information content (AvgIpc) is 3.27. The Balaban J connectivity index is 1.56. The summed E-state index contributed by atoms with van der Waals surface area (Å²) in [7, 11) is 1.64. The fourth-order valence-corrected chi connectivity index (χ4v) is 4.45. The third-order valence-electron chi connectivity index (χ3n) is 5.34. The number of nitrogens with zero attached hydrogens (tertiary/aromatic N) is 3. The summed E-state index contributed by atoms with van der Waals surface area (Å²) in [5, 5.41) is 12.6. The van der Waals surface area contributed by atoms with Gasteiger partial charge in [0.15, 0.2) is 11.0 Å². The third kappa shape index (κ3) is 5.26. The van der Waals surface area contributed by atoms with E-state index in [4.69, 9.17) is 4.74 Å². The fourth-order valence-electron chi connectivity index (χ4n) is 3.69. The molecule has 168 valence electrons. The third-order valence-corrected chi connectivity index (χ3v) is 6.27.